The second kappa shape index (κ2) is 5.87. The molecule has 0 aliphatic carbocycles. The van der Waals surface area contributed by atoms with E-state index < -0.39 is 0 Å². The highest BCUT2D eigenvalue weighted by Crippen LogP contribution is 2.23. The van der Waals surface area contributed by atoms with Gasteiger partial charge >= 0.3 is 0 Å². The first-order valence-electron chi connectivity index (χ1n) is 7.25. The largest absolute Gasteiger partial charge is 0.377 e. The minimum absolute atomic E-state index is 0.110. The average molecular weight is 255 g/mol. The molecule has 0 bridgehead atoms. The van der Waals surface area contributed by atoms with Crippen molar-refractivity contribution < 1.29 is 4.74 Å². The summed E-state index contributed by atoms with van der Waals surface area (Å²) in [6.07, 6.45) is 2.77. The third-order valence-corrected chi connectivity index (χ3v) is 4.83. The number of hydrogen-bond acceptors (Lipinski definition) is 4. The van der Waals surface area contributed by atoms with Gasteiger partial charge in [0, 0.05) is 45.4 Å². The Morgan fingerprint density at radius 1 is 1.33 bits per heavy atom. The lowest BCUT2D eigenvalue weighted by molar-refractivity contribution is -0.0238. The maximum absolute atomic E-state index is 5.62. The van der Waals surface area contributed by atoms with Gasteiger partial charge in [-0.25, -0.2) is 0 Å². The zero-order valence-corrected chi connectivity index (χ0v) is 12.4. The summed E-state index contributed by atoms with van der Waals surface area (Å²) in [5.74, 6) is 0. The van der Waals surface area contributed by atoms with Crippen LogP contribution in [-0.4, -0.2) is 74.4 Å². The van der Waals surface area contributed by atoms with E-state index in [1.807, 2.05) is 7.05 Å². The number of nitrogens with zero attached hydrogens (tertiary/aromatic N) is 2. The predicted octanol–water partition coefficient (Wildman–Crippen LogP) is 0.779. The molecule has 2 fully saturated rings. The molecular weight excluding hydrogens is 226 g/mol. The average Bonchev–Trinajstić information content (AvgIpc) is 2.83. The summed E-state index contributed by atoms with van der Waals surface area (Å²) in [4.78, 5) is 5.26. The number of nitrogens with one attached hydrogen (secondary N) is 1. The molecule has 0 aromatic carbocycles. The number of fused-ring (bicyclic) bond motifs is 1. The van der Waals surface area contributed by atoms with E-state index in [9.17, 15) is 0 Å². The molecule has 4 nitrogen and oxygen atoms in total. The zero-order chi connectivity index (χ0) is 13.2. The molecule has 4 heteroatoms. The van der Waals surface area contributed by atoms with Crippen molar-refractivity contribution in [3.63, 3.8) is 0 Å². The second-order valence-electron chi connectivity index (χ2n) is 6.24. The fourth-order valence-electron chi connectivity index (χ4n) is 3.28. The van der Waals surface area contributed by atoms with Gasteiger partial charge in [0.25, 0.3) is 0 Å². The van der Waals surface area contributed by atoms with Gasteiger partial charge in [0.05, 0.1) is 5.60 Å². The minimum atomic E-state index is -0.110. The van der Waals surface area contributed by atoms with Crippen LogP contribution in [-0.2, 0) is 4.74 Å². The van der Waals surface area contributed by atoms with E-state index >= 15 is 0 Å². The SMILES string of the molecule is CNC(CN1CCN2CCCC2C1)C(C)(C)OC. The molecule has 2 aliphatic heterocycles. The molecule has 2 aliphatic rings. The monoisotopic (exact) mass is 255 g/mol. The van der Waals surface area contributed by atoms with Crippen molar-refractivity contribution in [3.8, 4) is 0 Å². The molecule has 2 atom stereocenters. The number of hydrogen-bond donors (Lipinski definition) is 1. The van der Waals surface area contributed by atoms with Gasteiger partial charge in [-0.2, -0.15) is 0 Å². The number of ether oxygens (including phenoxy) is 1. The third-order valence-electron chi connectivity index (χ3n) is 4.83. The molecule has 0 amide bonds. The third kappa shape index (κ3) is 3.05. The molecule has 106 valence electrons. The highest BCUT2D eigenvalue weighted by atomic mass is 16.5. The van der Waals surface area contributed by atoms with Crippen LogP contribution in [0.5, 0.6) is 0 Å². The molecule has 2 rings (SSSR count). The first-order valence-corrected chi connectivity index (χ1v) is 7.25. The fraction of sp³-hybridized carbons (Fsp3) is 1.00. The van der Waals surface area contributed by atoms with Crippen molar-refractivity contribution in [2.45, 2.75) is 44.4 Å². The van der Waals surface area contributed by atoms with Crippen LogP contribution in [0.15, 0.2) is 0 Å². The van der Waals surface area contributed by atoms with Crippen LogP contribution < -0.4 is 5.32 Å². The van der Waals surface area contributed by atoms with E-state index in [4.69, 9.17) is 4.74 Å². The Kier molecular flexibility index (Phi) is 4.64. The van der Waals surface area contributed by atoms with Crippen molar-refractivity contribution in [3.05, 3.63) is 0 Å². The van der Waals surface area contributed by atoms with Crippen LogP contribution >= 0.6 is 0 Å². The van der Waals surface area contributed by atoms with Gasteiger partial charge in [0.2, 0.25) is 0 Å². The molecule has 0 aromatic heterocycles. The molecule has 1 N–H and O–H groups in total. The van der Waals surface area contributed by atoms with Crippen molar-refractivity contribution in [2.75, 3.05) is 46.9 Å². The topological polar surface area (TPSA) is 27.7 Å². The van der Waals surface area contributed by atoms with E-state index in [0.717, 1.165) is 12.6 Å². The summed E-state index contributed by atoms with van der Waals surface area (Å²) >= 11 is 0. The van der Waals surface area contributed by atoms with E-state index in [1.54, 1.807) is 7.11 Å². The van der Waals surface area contributed by atoms with Gasteiger partial charge in [-0.3, -0.25) is 9.80 Å². The lowest BCUT2D eigenvalue weighted by Crippen LogP contribution is -2.57. The van der Waals surface area contributed by atoms with Crippen LogP contribution in [0, 0.1) is 0 Å². The Hall–Kier alpha value is -0.160. The maximum Gasteiger partial charge on any atom is 0.0787 e. The molecule has 2 saturated heterocycles. The summed E-state index contributed by atoms with van der Waals surface area (Å²) in [6.45, 7) is 10.4. The van der Waals surface area contributed by atoms with Crippen molar-refractivity contribution in [2.24, 2.45) is 0 Å². The van der Waals surface area contributed by atoms with Crippen LogP contribution in [0.3, 0.4) is 0 Å². The van der Waals surface area contributed by atoms with Crippen LogP contribution in [0.2, 0.25) is 0 Å². The normalized spacial score (nSPS) is 28.3. The molecule has 2 heterocycles. The molecule has 2 unspecified atom stereocenters. The lowest BCUT2D eigenvalue weighted by Gasteiger charge is -2.42. The standard InChI is InChI=1S/C14H29N3O/c1-14(2,18-4)13(15-3)11-16-8-9-17-7-5-6-12(17)10-16/h12-13,15H,5-11H2,1-4H3. The Morgan fingerprint density at radius 2 is 2.11 bits per heavy atom. The van der Waals surface area contributed by atoms with Crippen LogP contribution in [0.1, 0.15) is 26.7 Å². The lowest BCUT2D eigenvalue weighted by atomic mass is 9.97. The summed E-state index contributed by atoms with van der Waals surface area (Å²) in [7, 11) is 3.84. The molecule has 0 spiro atoms. The summed E-state index contributed by atoms with van der Waals surface area (Å²) < 4.78 is 5.62. The predicted molar refractivity (Wildman–Crippen MR) is 75.0 cm³/mol. The van der Waals surface area contributed by atoms with Gasteiger partial charge in [-0.05, 0) is 40.3 Å². The highest BCUT2D eigenvalue weighted by Gasteiger charge is 2.34. The van der Waals surface area contributed by atoms with Crippen LogP contribution in [0.4, 0.5) is 0 Å². The van der Waals surface area contributed by atoms with Crippen LogP contribution in [0.25, 0.3) is 0 Å². The van der Waals surface area contributed by atoms with Gasteiger partial charge in [-0.15, -0.1) is 0 Å². The number of likely N-dealkylation sites (N-methyl/N-ethyl adjacent to an activating group) is 1. The number of methoxy groups -OCH3 is 1. The van der Waals surface area contributed by atoms with E-state index in [-0.39, 0.29) is 5.60 Å². The maximum atomic E-state index is 5.62. The van der Waals surface area contributed by atoms with E-state index in [1.165, 1.54) is 39.0 Å². The molecule has 0 radical (unpaired) electrons. The summed E-state index contributed by atoms with van der Waals surface area (Å²) in [5.41, 5.74) is -0.110. The highest BCUT2D eigenvalue weighted by molar-refractivity contribution is 4.92. The minimum Gasteiger partial charge on any atom is -0.377 e. The number of piperazine rings is 1. The van der Waals surface area contributed by atoms with E-state index in [2.05, 4.69) is 29.0 Å². The Labute approximate surface area is 112 Å². The first-order chi connectivity index (χ1) is 8.56. The molecule has 18 heavy (non-hydrogen) atoms. The Bertz CT molecular complexity index is 270. The van der Waals surface area contributed by atoms with Gasteiger partial charge in [0.15, 0.2) is 0 Å². The zero-order valence-electron chi connectivity index (χ0n) is 12.4. The summed E-state index contributed by atoms with van der Waals surface area (Å²) in [6, 6.07) is 1.19. The molecule has 0 aromatic rings. The van der Waals surface area contributed by atoms with Crippen molar-refractivity contribution in [1.29, 1.82) is 0 Å². The summed E-state index contributed by atoms with van der Waals surface area (Å²) in [5, 5.41) is 3.42. The quantitative estimate of drug-likeness (QED) is 0.786. The Balaban J connectivity index is 1.88. The van der Waals surface area contributed by atoms with Crippen molar-refractivity contribution >= 4 is 0 Å². The molecular formula is C14H29N3O. The van der Waals surface area contributed by atoms with Gasteiger partial charge < -0.3 is 10.1 Å². The fourth-order valence-corrected chi connectivity index (χ4v) is 3.28. The number of rotatable bonds is 5. The Morgan fingerprint density at radius 3 is 2.78 bits per heavy atom. The smallest absolute Gasteiger partial charge is 0.0787 e. The molecule has 0 saturated carbocycles. The van der Waals surface area contributed by atoms with Gasteiger partial charge in [0.1, 0.15) is 0 Å². The van der Waals surface area contributed by atoms with E-state index in [0.29, 0.717) is 6.04 Å². The van der Waals surface area contributed by atoms with Crippen molar-refractivity contribution in [1.82, 2.24) is 15.1 Å². The van der Waals surface area contributed by atoms with Gasteiger partial charge in [-0.1, -0.05) is 0 Å². The first kappa shape index (κ1) is 14.3. The second-order valence-corrected chi connectivity index (χ2v) is 6.24.